The molecule has 8 atom stereocenters. The van der Waals surface area contributed by atoms with Crippen LogP contribution in [0.25, 0.3) is 6.08 Å². The number of hydrogen-bond acceptors (Lipinski definition) is 3. The fraction of sp³-hybridized carbons (Fsp3) is 0.714. The maximum Gasteiger partial charge on any atom is 0.0809 e. The summed E-state index contributed by atoms with van der Waals surface area (Å²) in [5.41, 5.74) is 4.07. The third-order valence-electron chi connectivity index (χ3n) is 10.3. The van der Waals surface area contributed by atoms with Crippen LogP contribution in [0.2, 0.25) is 0 Å². The van der Waals surface area contributed by atoms with E-state index in [1.54, 1.807) is 0 Å². The molecule has 5 rings (SSSR count). The standard InChI is InChI=1S/C28H41NO2/c1-27-13-11-22(30)17-20(27)7-10-23-24(27)12-14-28(2)25(23)16-19(26(28)31)15-18-5-8-21(9-6-18)29(3)4/h5-6,8-9,15,20,22-26,30-31H,7,10-14,16-17H2,1-4H3/b19-15-/t20-,22-,23-,24+,25+,26+,27-,28+/m0/s1. The number of anilines is 1. The number of fused-ring (bicyclic) bond motifs is 5. The summed E-state index contributed by atoms with van der Waals surface area (Å²) in [6.45, 7) is 4.91. The van der Waals surface area contributed by atoms with Gasteiger partial charge in [0, 0.05) is 25.2 Å². The molecule has 1 aromatic rings. The maximum absolute atomic E-state index is 11.5. The first-order chi connectivity index (χ1) is 14.7. The van der Waals surface area contributed by atoms with Crippen molar-refractivity contribution in [2.24, 2.45) is 34.5 Å². The molecule has 3 nitrogen and oxygen atoms in total. The van der Waals surface area contributed by atoms with Crippen molar-refractivity contribution < 1.29 is 10.2 Å². The number of aliphatic hydroxyl groups excluding tert-OH is 2. The van der Waals surface area contributed by atoms with Crippen LogP contribution in [0.3, 0.4) is 0 Å². The average molecular weight is 424 g/mol. The van der Waals surface area contributed by atoms with Gasteiger partial charge in [0.05, 0.1) is 12.2 Å². The minimum absolute atomic E-state index is 0.0218. The molecule has 31 heavy (non-hydrogen) atoms. The quantitative estimate of drug-likeness (QED) is 0.659. The SMILES string of the molecule is CN(C)c1ccc(/C=C2/C[C@@H]3[C@H]4CC[C@H]5C[C@@H](O)CC[C@]5(C)[C@@H]4CC[C@@]3(C)[C@@H]2O)cc1. The molecule has 2 N–H and O–H groups in total. The van der Waals surface area contributed by atoms with Gasteiger partial charge in [-0.05, 0) is 104 Å². The molecular formula is C28H41NO2. The van der Waals surface area contributed by atoms with Crippen LogP contribution in [-0.4, -0.2) is 36.5 Å². The van der Waals surface area contributed by atoms with E-state index in [1.807, 2.05) is 0 Å². The number of nitrogens with zero attached hydrogens (tertiary/aromatic N) is 1. The van der Waals surface area contributed by atoms with Gasteiger partial charge in [-0.1, -0.05) is 32.1 Å². The topological polar surface area (TPSA) is 43.7 Å². The lowest BCUT2D eigenvalue weighted by Crippen LogP contribution is -2.54. The van der Waals surface area contributed by atoms with Crippen LogP contribution >= 0.6 is 0 Å². The zero-order chi connectivity index (χ0) is 22.0. The van der Waals surface area contributed by atoms with Crippen LogP contribution < -0.4 is 4.90 Å². The zero-order valence-electron chi connectivity index (χ0n) is 19.8. The Kier molecular flexibility index (Phi) is 5.29. The first-order valence-corrected chi connectivity index (χ1v) is 12.6. The molecular weight excluding hydrogens is 382 g/mol. The zero-order valence-corrected chi connectivity index (χ0v) is 19.8. The average Bonchev–Trinajstić information content (AvgIpc) is 2.99. The smallest absolute Gasteiger partial charge is 0.0809 e. The molecule has 0 radical (unpaired) electrons. The Morgan fingerprint density at radius 3 is 2.32 bits per heavy atom. The van der Waals surface area contributed by atoms with Gasteiger partial charge in [0.1, 0.15) is 0 Å². The van der Waals surface area contributed by atoms with Crippen molar-refractivity contribution >= 4 is 11.8 Å². The van der Waals surface area contributed by atoms with Crippen molar-refractivity contribution in [2.75, 3.05) is 19.0 Å². The Bertz CT molecular complexity index is 845. The first kappa shape index (κ1) is 21.5. The van der Waals surface area contributed by atoms with Gasteiger partial charge in [-0.2, -0.15) is 0 Å². The van der Waals surface area contributed by atoms with E-state index >= 15 is 0 Å². The molecule has 3 heteroatoms. The van der Waals surface area contributed by atoms with Crippen molar-refractivity contribution in [2.45, 2.75) is 77.4 Å². The Morgan fingerprint density at radius 2 is 1.61 bits per heavy atom. The highest BCUT2D eigenvalue weighted by atomic mass is 16.3. The lowest BCUT2D eigenvalue weighted by atomic mass is 9.45. The minimum Gasteiger partial charge on any atom is -0.393 e. The van der Waals surface area contributed by atoms with Crippen molar-refractivity contribution in [3.8, 4) is 0 Å². The lowest BCUT2D eigenvalue weighted by Gasteiger charge is -2.60. The van der Waals surface area contributed by atoms with Gasteiger partial charge < -0.3 is 15.1 Å². The second-order valence-electron chi connectivity index (χ2n) is 11.9. The molecule has 0 bridgehead atoms. The molecule has 4 aliphatic carbocycles. The first-order valence-electron chi connectivity index (χ1n) is 12.6. The Labute approximate surface area is 188 Å². The van der Waals surface area contributed by atoms with Crippen molar-refractivity contribution in [1.29, 1.82) is 0 Å². The van der Waals surface area contributed by atoms with Gasteiger partial charge in [0.2, 0.25) is 0 Å². The second-order valence-corrected chi connectivity index (χ2v) is 11.9. The molecule has 0 amide bonds. The van der Waals surface area contributed by atoms with Gasteiger partial charge in [0.15, 0.2) is 0 Å². The summed E-state index contributed by atoms with van der Waals surface area (Å²) in [5, 5.41) is 21.7. The lowest BCUT2D eigenvalue weighted by molar-refractivity contribution is -0.133. The van der Waals surface area contributed by atoms with Crippen LogP contribution in [0.4, 0.5) is 5.69 Å². The molecule has 0 saturated heterocycles. The molecule has 170 valence electrons. The highest BCUT2D eigenvalue weighted by molar-refractivity contribution is 5.59. The molecule has 0 unspecified atom stereocenters. The van der Waals surface area contributed by atoms with Gasteiger partial charge in [0.25, 0.3) is 0 Å². The summed E-state index contributed by atoms with van der Waals surface area (Å²) in [6, 6.07) is 8.69. The van der Waals surface area contributed by atoms with Gasteiger partial charge in [-0.25, -0.2) is 0 Å². The van der Waals surface area contributed by atoms with Crippen LogP contribution in [0.5, 0.6) is 0 Å². The van der Waals surface area contributed by atoms with Gasteiger partial charge >= 0.3 is 0 Å². The van der Waals surface area contributed by atoms with Crippen molar-refractivity contribution in [3.63, 3.8) is 0 Å². The van der Waals surface area contributed by atoms with E-state index in [9.17, 15) is 10.2 Å². The second kappa shape index (κ2) is 7.63. The normalized spacial score (nSPS) is 45.7. The summed E-state index contributed by atoms with van der Waals surface area (Å²) < 4.78 is 0. The van der Waals surface area contributed by atoms with E-state index in [-0.39, 0.29) is 17.6 Å². The van der Waals surface area contributed by atoms with Crippen LogP contribution in [0.15, 0.2) is 29.8 Å². The van der Waals surface area contributed by atoms with E-state index in [0.29, 0.717) is 17.3 Å². The fourth-order valence-corrected chi connectivity index (χ4v) is 8.32. The highest BCUT2D eigenvalue weighted by Crippen LogP contribution is 2.67. The number of hydrogen-bond donors (Lipinski definition) is 2. The van der Waals surface area contributed by atoms with Crippen LogP contribution in [-0.2, 0) is 0 Å². The minimum atomic E-state index is -0.314. The molecule has 0 heterocycles. The van der Waals surface area contributed by atoms with E-state index in [2.05, 4.69) is 63.2 Å². The summed E-state index contributed by atoms with van der Waals surface area (Å²) >= 11 is 0. The van der Waals surface area contributed by atoms with Crippen LogP contribution in [0, 0.1) is 34.5 Å². The summed E-state index contributed by atoms with van der Waals surface area (Å²) in [6.07, 6.45) is 11.1. The molecule has 0 spiro atoms. The predicted octanol–water partition coefficient (Wildman–Crippen LogP) is 5.51. The van der Waals surface area contributed by atoms with E-state index in [0.717, 1.165) is 37.5 Å². The third kappa shape index (κ3) is 3.38. The Morgan fingerprint density at radius 1 is 0.903 bits per heavy atom. The Hall–Kier alpha value is -1.32. The highest BCUT2D eigenvalue weighted by Gasteiger charge is 2.61. The molecule has 1 aromatic carbocycles. The number of aliphatic hydroxyl groups is 2. The fourth-order valence-electron chi connectivity index (χ4n) is 8.32. The third-order valence-corrected chi connectivity index (χ3v) is 10.3. The monoisotopic (exact) mass is 423 g/mol. The van der Waals surface area contributed by atoms with E-state index < -0.39 is 0 Å². The summed E-state index contributed by atoms with van der Waals surface area (Å²) in [4.78, 5) is 2.12. The molecule has 4 saturated carbocycles. The maximum atomic E-state index is 11.5. The van der Waals surface area contributed by atoms with Crippen molar-refractivity contribution in [1.82, 2.24) is 0 Å². The van der Waals surface area contributed by atoms with Gasteiger partial charge in [-0.3, -0.25) is 0 Å². The number of benzene rings is 1. The molecule has 0 aromatic heterocycles. The molecule has 4 fully saturated rings. The molecule has 0 aliphatic heterocycles. The predicted molar refractivity (Wildman–Crippen MR) is 128 cm³/mol. The molecule has 4 aliphatic rings. The largest absolute Gasteiger partial charge is 0.393 e. The van der Waals surface area contributed by atoms with E-state index in [4.69, 9.17) is 0 Å². The van der Waals surface area contributed by atoms with Crippen molar-refractivity contribution in [3.05, 3.63) is 35.4 Å². The van der Waals surface area contributed by atoms with Crippen LogP contribution in [0.1, 0.15) is 70.8 Å². The summed E-state index contributed by atoms with van der Waals surface area (Å²) in [5.74, 6) is 2.78. The Balaban J connectivity index is 1.40. The van der Waals surface area contributed by atoms with Gasteiger partial charge in [-0.15, -0.1) is 0 Å². The van der Waals surface area contributed by atoms with E-state index in [1.165, 1.54) is 42.5 Å². The summed E-state index contributed by atoms with van der Waals surface area (Å²) in [7, 11) is 4.14. The number of rotatable bonds is 2.